The van der Waals surface area contributed by atoms with E-state index in [4.69, 9.17) is 9.15 Å². The van der Waals surface area contributed by atoms with Crippen molar-refractivity contribution in [2.45, 2.75) is 53.4 Å². The minimum absolute atomic E-state index is 0.143. The van der Waals surface area contributed by atoms with Crippen LogP contribution < -0.4 is 10.1 Å². The van der Waals surface area contributed by atoms with E-state index in [0.717, 1.165) is 68.8 Å². The van der Waals surface area contributed by atoms with Crippen molar-refractivity contribution in [2.75, 3.05) is 12.4 Å². The number of aryl methyl sites for hydroxylation is 5. The van der Waals surface area contributed by atoms with E-state index < -0.39 is 0 Å². The molecule has 30 heavy (non-hydrogen) atoms. The lowest BCUT2D eigenvalue weighted by Crippen LogP contribution is -2.10. The molecule has 0 saturated heterocycles. The molecule has 4 heteroatoms. The summed E-state index contributed by atoms with van der Waals surface area (Å²) in [5.41, 5.74) is 8.02. The molecule has 3 aromatic rings. The van der Waals surface area contributed by atoms with Gasteiger partial charge in [0.1, 0.15) is 17.1 Å². The fourth-order valence-corrected chi connectivity index (χ4v) is 4.41. The van der Waals surface area contributed by atoms with Crippen molar-refractivity contribution in [3.63, 3.8) is 0 Å². The standard InChI is InChI=1S/C26H29NO3/c1-15-10-11-16(2)22(12-15)27-24(28)13-17(3)20-14-21-19-8-6-7-9-23(19)30-26(21)18(4)25(20)29-5/h10-14H,6-9H2,1-5H3,(H,27,28)/b17-13+. The molecular formula is C26H29NO3. The molecule has 1 aromatic heterocycles. The highest BCUT2D eigenvalue weighted by Gasteiger charge is 2.23. The van der Waals surface area contributed by atoms with Gasteiger partial charge < -0.3 is 14.5 Å². The maximum Gasteiger partial charge on any atom is 0.248 e. The molecule has 1 aliphatic rings. The van der Waals surface area contributed by atoms with Crippen LogP contribution in [0.4, 0.5) is 5.69 Å². The summed E-state index contributed by atoms with van der Waals surface area (Å²) in [6.07, 6.45) is 6.05. The zero-order valence-electron chi connectivity index (χ0n) is 18.4. The predicted octanol–water partition coefficient (Wildman–Crippen LogP) is 6.29. The summed E-state index contributed by atoms with van der Waals surface area (Å²) in [4.78, 5) is 12.7. The molecule has 0 radical (unpaired) electrons. The van der Waals surface area contributed by atoms with Gasteiger partial charge in [0.2, 0.25) is 5.91 Å². The van der Waals surface area contributed by atoms with Crippen LogP contribution in [0.2, 0.25) is 0 Å². The highest BCUT2D eigenvalue weighted by atomic mass is 16.5. The first kappa shape index (κ1) is 20.3. The first-order chi connectivity index (χ1) is 14.4. The Balaban J connectivity index is 1.73. The van der Waals surface area contributed by atoms with E-state index in [-0.39, 0.29) is 5.91 Å². The molecule has 4 nitrogen and oxygen atoms in total. The third-order valence-electron chi connectivity index (χ3n) is 6.05. The highest BCUT2D eigenvalue weighted by molar-refractivity contribution is 6.05. The molecule has 0 unspecified atom stereocenters. The van der Waals surface area contributed by atoms with E-state index in [1.54, 1.807) is 13.2 Å². The number of carbonyl (C=O) groups excluding carboxylic acids is 1. The van der Waals surface area contributed by atoms with Crippen LogP contribution in [0, 0.1) is 20.8 Å². The number of allylic oxidation sites excluding steroid dienone is 1. The molecule has 1 heterocycles. The second kappa shape index (κ2) is 8.02. The van der Waals surface area contributed by atoms with Gasteiger partial charge in [-0.05, 0) is 75.8 Å². The zero-order valence-corrected chi connectivity index (χ0v) is 18.4. The van der Waals surface area contributed by atoms with Gasteiger partial charge in [-0.3, -0.25) is 4.79 Å². The number of carbonyl (C=O) groups is 1. The Kier molecular flexibility index (Phi) is 5.42. The van der Waals surface area contributed by atoms with Crippen molar-refractivity contribution in [1.82, 2.24) is 0 Å². The normalized spacial score (nSPS) is 14.0. The molecule has 1 N–H and O–H groups in total. The minimum Gasteiger partial charge on any atom is -0.496 e. The summed E-state index contributed by atoms with van der Waals surface area (Å²) in [5.74, 6) is 1.73. The minimum atomic E-state index is -0.143. The largest absolute Gasteiger partial charge is 0.496 e. The Hall–Kier alpha value is -3.01. The maximum atomic E-state index is 12.7. The molecule has 4 rings (SSSR count). The molecule has 0 atom stereocenters. The molecule has 0 saturated carbocycles. The number of hydrogen-bond donors (Lipinski definition) is 1. The SMILES string of the molecule is COc1c(/C(C)=C/C(=O)Nc2cc(C)ccc2C)cc2c3c(oc2c1C)CCCC3. The van der Waals surface area contributed by atoms with E-state index in [0.29, 0.717) is 0 Å². The van der Waals surface area contributed by atoms with Gasteiger partial charge in [-0.15, -0.1) is 0 Å². The fourth-order valence-electron chi connectivity index (χ4n) is 4.41. The number of methoxy groups -OCH3 is 1. The predicted molar refractivity (Wildman–Crippen MR) is 122 cm³/mol. The van der Waals surface area contributed by atoms with Crippen molar-refractivity contribution in [1.29, 1.82) is 0 Å². The second-order valence-corrected chi connectivity index (χ2v) is 8.30. The Morgan fingerprint density at radius 3 is 2.67 bits per heavy atom. The molecule has 0 spiro atoms. The van der Waals surface area contributed by atoms with Crippen molar-refractivity contribution in [2.24, 2.45) is 0 Å². The number of furan rings is 1. The lowest BCUT2D eigenvalue weighted by molar-refractivity contribution is -0.111. The van der Waals surface area contributed by atoms with Crippen LogP contribution in [-0.4, -0.2) is 13.0 Å². The monoisotopic (exact) mass is 403 g/mol. The van der Waals surface area contributed by atoms with E-state index in [1.807, 2.05) is 45.9 Å². The first-order valence-electron chi connectivity index (χ1n) is 10.6. The molecule has 0 bridgehead atoms. The molecular weight excluding hydrogens is 374 g/mol. The van der Waals surface area contributed by atoms with Crippen LogP contribution in [-0.2, 0) is 17.6 Å². The van der Waals surface area contributed by atoms with E-state index in [2.05, 4.69) is 11.4 Å². The van der Waals surface area contributed by atoms with Gasteiger partial charge in [0.15, 0.2) is 0 Å². The van der Waals surface area contributed by atoms with E-state index in [1.165, 1.54) is 18.4 Å². The van der Waals surface area contributed by atoms with Gasteiger partial charge in [0, 0.05) is 40.3 Å². The average Bonchev–Trinajstić information content (AvgIpc) is 3.09. The molecule has 0 aliphatic heterocycles. The average molecular weight is 404 g/mol. The van der Waals surface area contributed by atoms with Crippen LogP contribution in [0.25, 0.3) is 16.5 Å². The lowest BCUT2D eigenvalue weighted by atomic mass is 9.93. The fraction of sp³-hybridized carbons (Fsp3) is 0.346. The van der Waals surface area contributed by atoms with Crippen LogP contribution in [0.3, 0.4) is 0 Å². The van der Waals surface area contributed by atoms with Gasteiger partial charge in [-0.2, -0.15) is 0 Å². The van der Waals surface area contributed by atoms with Gasteiger partial charge in [0.05, 0.1) is 7.11 Å². The van der Waals surface area contributed by atoms with Gasteiger partial charge in [-0.1, -0.05) is 12.1 Å². The molecule has 156 valence electrons. The Morgan fingerprint density at radius 1 is 1.13 bits per heavy atom. The van der Waals surface area contributed by atoms with Gasteiger partial charge in [-0.25, -0.2) is 0 Å². The maximum absolute atomic E-state index is 12.7. The molecule has 0 fully saturated rings. The number of rotatable bonds is 4. The number of amides is 1. The third kappa shape index (κ3) is 3.62. The van der Waals surface area contributed by atoms with Crippen LogP contribution in [0.1, 0.15) is 53.3 Å². The second-order valence-electron chi connectivity index (χ2n) is 8.30. The van der Waals surface area contributed by atoms with Crippen molar-refractivity contribution >= 4 is 28.1 Å². The van der Waals surface area contributed by atoms with Crippen LogP contribution in [0.5, 0.6) is 5.75 Å². The lowest BCUT2D eigenvalue weighted by Gasteiger charge is -2.14. The summed E-state index contributed by atoms with van der Waals surface area (Å²) in [7, 11) is 1.67. The van der Waals surface area contributed by atoms with Crippen LogP contribution in [0.15, 0.2) is 34.8 Å². The van der Waals surface area contributed by atoms with Gasteiger partial charge in [0.25, 0.3) is 0 Å². The smallest absolute Gasteiger partial charge is 0.248 e. The Bertz CT molecular complexity index is 1170. The summed E-state index contributed by atoms with van der Waals surface area (Å²) in [6.45, 7) is 8.00. The zero-order chi connectivity index (χ0) is 21.4. The molecule has 2 aromatic carbocycles. The topological polar surface area (TPSA) is 51.5 Å². The first-order valence-corrected chi connectivity index (χ1v) is 10.6. The number of ether oxygens (including phenoxy) is 1. The van der Waals surface area contributed by atoms with E-state index in [9.17, 15) is 4.79 Å². The molecule has 1 aliphatic carbocycles. The number of nitrogens with one attached hydrogen (secondary N) is 1. The van der Waals surface area contributed by atoms with Crippen LogP contribution >= 0.6 is 0 Å². The van der Waals surface area contributed by atoms with E-state index >= 15 is 0 Å². The summed E-state index contributed by atoms with van der Waals surface area (Å²) in [6, 6.07) is 8.18. The van der Waals surface area contributed by atoms with Gasteiger partial charge >= 0.3 is 0 Å². The Morgan fingerprint density at radius 2 is 1.90 bits per heavy atom. The third-order valence-corrected chi connectivity index (χ3v) is 6.05. The quantitative estimate of drug-likeness (QED) is 0.521. The number of fused-ring (bicyclic) bond motifs is 3. The number of benzene rings is 2. The van der Waals surface area contributed by atoms with Crippen molar-refractivity contribution < 1.29 is 13.9 Å². The number of anilines is 1. The number of hydrogen-bond acceptors (Lipinski definition) is 3. The Labute approximate surface area is 177 Å². The van der Waals surface area contributed by atoms with Crippen molar-refractivity contribution in [3.05, 3.63) is 63.9 Å². The molecule has 1 amide bonds. The van der Waals surface area contributed by atoms with Crippen molar-refractivity contribution in [3.8, 4) is 5.75 Å². The highest BCUT2D eigenvalue weighted by Crippen LogP contribution is 2.41. The summed E-state index contributed by atoms with van der Waals surface area (Å²) in [5, 5.41) is 4.16. The summed E-state index contributed by atoms with van der Waals surface area (Å²) >= 11 is 0. The summed E-state index contributed by atoms with van der Waals surface area (Å²) < 4.78 is 11.9.